The SMILES string of the molecule is N#Cc1cc(-n2c3ccccc3c3ccc4c5ccccc5n(-c5ccccc5)c4c32)c(C#N)c(-n2c3ccccc3c3ccc4c5ccccc5n(-c5ccccc5)c4c32)c1. The van der Waals surface area contributed by atoms with Crippen molar-refractivity contribution in [3.63, 3.8) is 0 Å². The zero-order valence-electron chi connectivity index (χ0n) is 33.2. The fourth-order valence-electron chi connectivity index (χ4n) is 10.3. The summed E-state index contributed by atoms with van der Waals surface area (Å²) in [5, 5.41) is 31.4. The van der Waals surface area contributed by atoms with Gasteiger partial charge in [-0.2, -0.15) is 10.5 Å². The normalized spacial score (nSPS) is 11.8. The first kappa shape index (κ1) is 34.1. The number of aromatic nitrogens is 4. The first-order valence-corrected chi connectivity index (χ1v) is 20.7. The number of hydrogen-bond acceptors (Lipinski definition) is 2. The van der Waals surface area contributed by atoms with Gasteiger partial charge in [0.25, 0.3) is 0 Å². The molecule has 0 amide bonds. The smallest absolute Gasteiger partial charge is 0.104 e. The summed E-state index contributed by atoms with van der Waals surface area (Å²) in [5.41, 5.74) is 12.4. The molecule has 6 nitrogen and oxygen atoms in total. The Balaban J connectivity index is 1.24. The number of nitrogens with zero attached hydrogens (tertiary/aromatic N) is 6. The molecule has 13 rings (SSSR count). The maximum atomic E-state index is 11.7. The Hall–Kier alpha value is -8.84. The lowest BCUT2D eigenvalue weighted by molar-refractivity contribution is 1.10. The van der Waals surface area contributed by atoms with Crippen molar-refractivity contribution in [1.29, 1.82) is 10.5 Å². The van der Waals surface area contributed by atoms with Crippen LogP contribution in [0.15, 0.2) is 194 Å². The van der Waals surface area contributed by atoms with E-state index in [-0.39, 0.29) is 0 Å². The van der Waals surface area contributed by atoms with Gasteiger partial charge in [0.2, 0.25) is 0 Å². The summed E-state index contributed by atoms with van der Waals surface area (Å²) in [4.78, 5) is 0. The van der Waals surface area contributed by atoms with Crippen molar-refractivity contribution in [3.8, 4) is 34.9 Å². The van der Waals surface area contributed by atoms with Crippen LogP contribution >= 0.6 is 0 Å². The van der Waals surface area contributed by atoms with Crippen molar-refractivity contribution in [2.24, 2.45) is 0 Å². The Kier molecular flexibility index (Phi) is 7.05. The van der Waals surface area contributed by atoms with E-state index in [0.717, 1.165) is 98.6 Å². The Labute approximate surface area is 354 Å². The van der Waals surface area contributed by atoms with Gasteiger partial charge in [-0.15, -0.1) is 0 Å². The van der Waals surface area contributed by atoms with Gasteiger partial charge in [-0.3, -0.25) is 0 Å². The average Bonchev–Trinajstić information content (AvgIpc) is 4.07. The van der Waals surface area contributed by atoms with Crippen LogP contribution < -0.4 is 0 Å². The van der Waals surface area contributed by atoms with E-state index in [1.807, 2.05) is 24.3 Å². The first-order chi connectivity index (χ1) is 30.7. The van der Waals surface area contributed by atoms with E-state index in [0.29, 0.717) is 22.5 Å². The molecule has 62 heavy (non-hydrogen) atoms. The number of para-hydroxylation sites is 6. The molecule has 13 aromatic rings. The summed E-state index contributed by atoms with van der Waals surface area (Å²) in [5.74, 6) is 0. The average molecular weight is 789 g/mol. The van der Waals surface area contributed by atoms with Crippen LogP contribution in [0.2, 0.25) is 0 Å². The fraction of sp³-hybridized carbons (Fsp3) is 0. The van der Waals surface area contributed by atoms with Crippen LogP contribution in [0.25, 0.3) is 110 Å². The van der Waals surface area contributed by atoms with Crippen LogP contribution in [-0.2, 0) is 0 Å². The van der Waals surface area contributed by atoms with Crippen LogP contribution in [0, 0.1) is 22.7 Å². The van der Waals surface area contributed by atoms with Gasteiger partial charge in [0.05, 0.1) is 67.1 Å². The van der Waals surface area contributed by atoms with Crippen LogP contribution in [0.5, 0.6) is 0 Å². The maximum absolute atomic E-state index is 11.7. The number of benzene rings is 9. The van der Waals surface area contributed by atoms with E-state index in [2.05, 4.69) is 200 Å². The molecule has 0 unspecified atom stereocenters. The van der Waals surface area contributed by atoms with E-state index in [4.69, 9.17) is 0 Å². The zero-order chi connectivity index (χ0) is 41.1. The molecule has 0 radical (unpaired) electrons. The summed E-state index contributed by atoms with van der Waals surface area (Å²) in [6, 6.07) is 72.7. The largest absolute Gasteiger partial charge is 0.307 e. The van der Waals surface area contributed by atoms with Gasteiger partial charge in [-0.05, 0) is 60.7 Å². The third-order valence-corrected chi connectivity index (χ3v) is 12.8. The quantitative estimate of drug-likeness (QED) is 0.178. The highest BCUT2D eigenvalue weighted by molar-refractivity contribution is 6.25. The molecule has 0 atom stereocenters. The summed E-state index contributed by atoms with van der Waals surface area (Å²) in [6.07, 6.45) is 0. The molecule has 286 valence electrons. The molecule has 0 aliphatic rings. The zero-order valence-corrected chi connectivity index (χ0v) is 33.2. The minimum atomic E-state index is 0.456. The molecule has 0 N–H and O–H groups in total. The van der Waals surface area contributed by atoms with Gasteiger partial charge >= 0.3 is 0 Å². The second-order valence-electron chi connectivity index (χ2n) is 15.9. The van der Waals surface area contributed by atoms with Gasteiger partial charge in [0, 0.05) is 54.5 Å². The lowest BCUT2D eigenvalue weighted by Crippen LogP contribution is -2.06. The highest BCUT2D eigenvalue weighted by Gasteiger charge is 2.27. The predicted octanol–water partition coefficient (Wildman–Crippen LogP) is 13.8. The van der Waals surface area contributed by atoms with Crippen LogP contribution in [0.3, 0.4) is 0 Å². The Bertz CT molecular complexity index is 3860. The van der Waals surface area contributed by atoms with Crippen LogP contribution in [-0.4, -0.2) is 18.3 Å². The first-order valence-electron chi connectivity index (χ1n) is 20.7. The molecule has 6 heteroatoms. The minimum absolute atomic E-state index is 0.456. The molecule has 4 heterocycles. The third-order valence-electron chi connectivity index (χ3n) is 12.8. The summed E-state index contributed by atoms with van der Waals surface area (Å²) >= 11 is 0. The second kappa shape index (κ2) is 12.8. The van der Waals surface area contributed by atoms with Gasteiger partial charge in [-0.25, -0.2) is 0 Å². The monoisotopic (exact) mass is 788 g/mol. The van der Waals surface area contributed by atoms with Crippen molar-refractivity contribution in [2.45, 2.75) is 0 Å². The predicted molar refractivity (Wildman–Crippen MR) is 253 cm³/mol. The van der Waals surface area contributed by atoms with Gasteiger partial charge in [-0.1, -0.05) is 133 Å². The number of rotatable bonds is 4. The van der Waals surface area contributed by atoms with Crippen molar-refractivity contribution in [3.05, 3.63) is 205 Å². The molecule has 0 aliphatic carbocycles. The standard InChI is InChI=1S/C56H32N6/c57-33-35-31-51(61-49-25-13-9-21-40(49)44-29-27-42-38-19-7-11-23-47(38)59(53(42)55(44)61)36-15-3-1-4-16-36)46(34-58)52(32-35)62-50-26-14-10-22-41(50)45-30-28-43-39-20-8-12-24-48(39)60(54(43)56(45)62)37-17-5-2-6-18-37/h1-32H. The molecular weight excluding hydrogens is 757 g/mol. The highest BCUT2D eigenvalue weighted by Crippen LogP contribution is 2.45. The molecule has 4 aromatic heterocycles. The fourth-order valence-corrected chi connectivity index (χ4v) is 10.3. The van der Waals surface area contributed by atoms with Crippen LogP contribution in [0.4, 0.5) is 0 Å². The Morgan fingerprint density at radius 2 is 0.597 bits per heavy atom. The molecule has 0 fully saturated rings. The van der Waals surface area contributed by atoms with E-state index in [1.165, 1.54) is 0 Å². The van der Waals surface area contributed by atoms with Gasteiger partial charge < -0.3 is 18.3 Å². The number of nitriles is 2. The summed E-state index contributed by atoms with van der Waals surface area (Å²) < 4.78 is 9.16. The van der Waals surface area contributed by atoms with E-state index in [9.17, 15) is 10.5 Å². The lowest BCUT2D eigenvalue weighted by Gasteiger charge is -2.18. The number of fused-ring (bicyclic) bond motifs is 14. The molecule has 9 aromatic carbocycles. The molecule has 0 aliphatic heterocycles. The van der Waals surface area contributed by atoms with E-state index < -0.39 is 0 Å². The third kappa shape index (κ3) is 4.50. The Morgan fingerprint density at radius 3 is 0.935 bits per heavy atom. The minimum Gasteiger partial charge on any atom is -0.307 e. The summed E-state index contributed by atoms with van der Waals surface area (Å²) in [7, 11) is 0. The molecule has 0 bridgehead atoms. The molecule has 0 spiro atoms. The highest BCUT2D eigenvalue weighted by atomic mass is 15.1. The molecule has 0 saturated heterocycles. The van der Waals surface area contributed by atoms with E-state index in [1.54, 1.807) is 0 Å². The van der Waals surface area contributed by atoms with E-state index >= 15 is 0 Å². The summed E-state index contributed by atoms with van der Waals surface area (Å²) in [6.45, 7) is 0. The Morgan fingerprint density at radius 1 is 0.290 bits per heavy atom. The van der Waals surface area contributed by atoms with Gasteiger partial charge in [0.1, 0.15) is 11.6 Å². The van der Waals surface area contributed by atoms with Crippen molar-refractivity contribution in [1.82, 2.24) is 18.3 Å². The van der Waals surface area contributed by atoms with Crippen molar-refractivity contribution >= 4 is 87.2 Å². The molecule has 0 saturated carbocycles. The second-order valence-corrected chi connectivity index (χ2v) is 15.9. The number of hydrogen-bond donors (Lipinski definition) is 0. The topological polar surface area (TPSA) is 67.3 Å². The van der Waals surface area contributed by atoms with Gasteiger partial charge in [0.15, 0.2) is 0 Å². The van der Waals surface area contributed by atoms with Crippen molar-refractivity contribution < 1.29 is 0 Å². The van der Waals surface area contributed by atoms with Crippen molar-refractivity contribution in [2.75, 3.05) is 0 Å². The maximum Gasteiger partial charge on any atom is 0.104 e. The lowest BCUT2D eigenvalue weighted by atomic mass is 10.1. The molecular formula is C56H32N6. The van der Waals surface area contributed by atoms with Crippen LogP contribution in [0.1, 0.15) is 11.1 Å².